The molecule has 2 aromatic carbocycles. The number of nitrogens with one attached hydrogen (secondary N) is 1. The molecule has 2 nitrogen and oxygen atoms in total. The van der Waals surface area contributed by atoms with Crippen molar-refractivity contribution in [3.8, 4) is 11.5 Å². The molecule has 106 valence electrons. The normalized spacial score (nSPS) is 10.6. The van der Waals surface area contributed by atoms with Crippen LogP contribution in [0.5, 0.6) is 11.5 Å². The van der Waals surface area contributed by atoms with Crippen LogP contribution in [0.3, 0.4) is 0 Å². The van der Waals surface area contributed by atoms with E-state index < -0.39 is 0 Å². The molecule has 0 amide bonds. The predicted octanol–water partition coefficient (Wildman–Crippen LogP) is 4.72. The number of hydrogen-bond donors (Lipinski definition) is 1. The maximum Gasteiger partial charge on any atom is 0.166 e. The van der Waals surface area contributed by atoms with E-state index in [1.807, 2.05) is 30.3 Å². The average Bonchev–Trinajstić information content (AvgIpc) is 2.42. The van der Waals surface area contributed by atoms with Crippen LogP contribution in [0.2, 0.25) is 0 Å². The fourth-order valence-electron chi connectivity index (χ4n) is 1.80. The highest BCUT2D eigenvalue weighted by Gasteiger charge is 2.06. The lowest BCUT2D eigenvalue weighted by molar-refractivity contribution is 0.441. The molecule has 20 heavy (non-hydrogen) atoms. The van der Waals surface area contributed by atoms with Crippen LogP contribution in [-0.4, -0.2) is 6.54 Å². The molecule has 1 N–H and O–H groups in total. The maximum atomic E-state index is 14.0. The number of halogens is 2. The van der Waals surface area contributed by atoms with Gasteiger partial charge in [0.2, 0.25) is 0 Å². The highest BCUT2D eigenvalue weighted by molar-refractivity contribution is 14.1. The van der Waals surface area contributed by atoms with E-state index in [1.54, 1.807) is 6.07 Å². The van der Waals surface area contributed by atoms with E-state index in [0.29, 0.717) is 12.3 Å². The molecule has 2 aromatic rings. The van der Waals surface area contributed by atoms with Crippen LogP contribution in [-0.2, 0) is 6.54 Å². The second kappa shape index (κ2) is 7.59. The Labute approximate surface area is 132 Å². The molecule has 2 rings (SSSR count). The van der Waals surface area contributed by atoms with Crippen molar-refractivity contribution in [1.29, 1.82) is 0 Å². The van der Waals surface area contributed by atoms with E-state index in [2.05, 4.69) is 34.8 Å². The Bertz CT molecular complexity index is 574. The molecule has 0 spiro atoms. The number of ether oxygens (including phenoxy) is 1. The molecule has 0 atom stereocenters. The first-order chi connectivity index (χ1) is 9.69. The van der Waals surface area contributed by atoms with Crippen molar-refractivity contribution in [1.82, 2.24) is 5.32 Å². The first-order valence-electron chi connectivity index (χ1n) is 6.61. The topological polar surface area (TPSA) is 21.3 Å². The third-order valence-corrected chi connectivity index (χ3v) is 3.45. The van der Waals surface area contributed by atoms with E-state index in [-0.39, 0.29) is 11.6 Å². The van der Waals surface area contributed by atoms with Crippen molar-refractivity contribution in [2.75, 3.05) is 6.54 Å². The predicted molar refractivity (Wildman–Crippen MR) is 87.6 cm³/mol. The van der Waals surface area contributed by atoms with Crippen LogP contribution in [0.1, 0.15) is 18.9 Å². The quantitative estimate of drug-likeness (QED) is 0.574. The smallest absolute Gasteiger partial charge is 0.166 e. The summed E-state index contributed by atoms with van der Waals surface area (Å²) in [6.07, 6.45) is 1.07. The van der Waals surface area contributed by atoms with Crippen LogP contribution in [0.15, 0.2) is 42.5 Å². The summed E-state index contributed by atoms with van der Waals surface area (Å²) in [4.78, 5) is 0. The van der Waals surface area contributed by atoms with Gasteiger partial charge in [-0.2, -0.15) is 0 Å². The molecule has 0 radical (unpaired) electrons. The lowest BCUT2D eigenvalue weighted by Gasteiger charge is -2.09. The molecule has 0 saturated heterocycles. The Hall–Kier alpha value is -1.14. The number of benzene rings is 2. The third-order valence-electron chi connectivity index (χ3n) is 2.78. The van der Waals surface area contributed by atoms with E-state index in [4.69, 9.17) is 4.74 Å². The average molecular weight is 385 g/mol. The molecule has 0 fully saturated rings. The molecular weight excluding hydrogens is 368 g/mol. The summed E-state index contributed by atoms with van der Waals surface area (Å²) in [7, 11) is 0. The molecule has 0 aliphatic heterocycles. The van der Waals surface area contributed by atoms with Crippen molar-refractivity contribution >= 4 is 22.6 Å². The van der Waals surface area contributed by atoms with Crippen LogP contribution in [0, 0.1) is 9.39 Å². The zero-order valence-corrected chi connectivity index (χ0v) is 13.5. The van der Waals surface area contributed by atoms with Gasteiger partial charge in [0.1, 0.15) is 5.75 Å². The molecule has 0 unspecified atom stereocenters. The van der Waals surface area contributed by atoms with Gasteiger partial charge in [0, 0.05) is 10.1 Å². The second-order valence-corrected chi connectivity index (χ2v) is 5.75. The van der Waals surface area contributed by atoms with Crippen molar-refractivity contribution in [3.63, 3.8) is 0 Å². The highest BCUT2D eigenvalue weighted by Crippen LogP contribution is 2.26. The largest absolute Gasteiger partial charge is 0.454 e. The van der Waals surface area contributed by atoms with Crippen LogP contribution in [0.25, 0.3) is 0 Å². The van der Waals surface area contributed by atoms with Crippen LogP contribution < -0.4 is 10.1 Å². The summed E-state index contributed by atoms with van der Waals surface area (Å²) in [5.74, 6) is 0.568. The molecule has 0 saturated carbocycles. The van der Waals surface area contributed by atoms with Gasteiger partial charge in [0.25, 0.3) is 0 Å². The van der Waals surface area contributed by atoms with Gasteiger partial charge in [-0.05, 0) is 71.5 Å². The monoisotopic (exact) mass is 385 g/mol. The minimum atomic E-state index is -0.334. The summed E-state index contributed by atoms with van der Waals surface area (Å²) in [6, 6.07) is 12.6. The number of hydrogen-bond acceptors (Lipinski definition) is 2. The van der Waals surface area contributed by atoms with Crippen molar-refractivity contribution < 1.29 is 9.13 Å². The molecular formula is C16H17FINO. The summed E-state index contributed by atoms with van der Waals surface area (Å²) >= 11 is 2.20. The van der Waals surface area contributed by atoms with E-state index in [9.17, 15) is 4.39 Å². The summed E-state index contributed by atoms with van der Waals surface area (Å²) < 4.78 is 20.6. The van der Waals surface area contributed by atoms with E-state index >= 15 is 0 Å². The molecule has 0 aromatic heterocycles. The lowest BCUT2D eigenvalue weighted by Crippen LogP contribution is -2.13. The first-order valence-corrected chi connectivity index (χ1v) is 7.69. The Kier molecular flexibility index (Phi) is 5.79. The third kappa shape index (κ3) is 4.45. The Morgan fingerprint density at radius 2 is 2.05 bits per heavy atom. The van der Waals surface area contributed by atoms with Crippen molar-refractivity contribution in [3.05, 3.63) is 57.4 Å². The Balaban J connectivity index is 2.06. The maximum absolute atomic E-state index is 14.0. The zero-order valence-electron chi connectivity index (χ0n) is 11.3. The highest BCUT2D eigenvalue weighted by atomic mass is 127. The van der Waals surface area contributed by atoms with Gasteiger partial charge in [-0.15, -0.1) is 0 Å². The first kappa shape index (κ1) is 15.3. The Morgan fingerprint density at radius 1 is 1.20 bits per heavy atom. The minimum absolute atomic E-state index is 0.256. The summed E-state index contributed by atoms with van der Waals surface area (Å²) in [5.41, 5.74) is 0.922. The molecule has 0 heterocycles. The van der Waals surface area contributed by atoms with Crippen molar-refractivity contribution in [2.45, 2.75) is 19.9 Å². The minimum Gasteiger partial charge on any atom is -0.454 e. The van der Waals surface area contributed by atoms with E-state index in [0.717, 1.165) is 22.1 Å². The fourth-order valence-corrected chi connectivity index (χ4v) is 2.32. The lowest BCUT2D eigenvalue weighted by atomic mass is 10.2. The SMILES string of the molecule is CCCNCc1ccc(Oc2cccc(I)c2)c(F)c1. The molecule has 0 aliphatic carbocycles. The molecule has 4 heteroatoms. The van der Waals surface area contributed by atoms with Gasteiger partial charge in [0.05, 0.1) is 0 Å². The van der Waals surface area contributed by atoms with Crippen LogP contribution in [0.4, 0.5) is 4.39 Å². The van der Waals surface area contributed by atoms with Gasteiger partial charge >= 0.3 is 0 Å². The van der Waals surface area contributed by atoms with Gasteiger partial charge in [-0.1, -0.05) is 19.1 Å². The zero-order chi connectivity index (χ0) is 14.4. The second-order valence-electron chi connectivity index (χ2n) is 4.50. The molecule has 0 bridgehead atoms. The fraction of sp³-hybridized carbons (Fsp3) is 0.250. The summed E-state index contributed by atoms with van der Waals surface area (Å²) in [5, 5.41) is 3.25. The van der Waals surface area contributed by atoms with Crippen LogP contribution >= 0.6 is 22.6 Å². The van der Waals surface area contributed by atoms with Gasteiger partial charge in [0.15, 0.2) is 11.6 Å². The van der Waals surface area contributed by atoms with Gasteiger partial charge in [-0.25, -0.2) is 4.39 Å². The van der Waals surface area contributed by atoms with Gasteiger partial charge < -0.3 is 10.1 Å². The van der Waals surface area contributed by atoms with E-state index in [1.165, 1.54) is 6.07 Å². The summed E-state index contributed by atoms with van der Waals surface area (Å²) in [6.45, 7) is 3.71. The standard InChI is InChI=1S/C16H17FINO/c1-2-8-19-11-12-6-7-16(15(17)9-12)20-14-5-3-4-13(18)10-14/h3-7,9-10,19H,2,8,11H2,1H3. The Morgan fingerprint density at radius 3 is 2.75 bits per heavy atom. The van der Waals surface area contributed by atoms with Crippen molar-refractivity contribution in [2.24, 2.45) is 0 Å². The number of rotatable bonds is 6. The molecule has 0 aliphatic rings. The van der Waals surface area contributed by atoms with Gasteiger partial charge in [-0.3, -0.25) is 0 Å².